The molecule has 0 unspecified atom stereocenters. The summed E-state index contributed by atoms with van der Waals surface area (Å²) in [6.07, 6.45) is 0. The van der Waals surface area contributed by atoms with Crippen LogP contribution in [-0.4, -0.2) is 0 Å². The van der Waals surface area contributed by atoms with Crippen molar-refractivity contribution in [2.24, 2.45) is 0 Å². The van der Waals surface area contributed by atoms with Crippen LogP contribution in [0.5, 0.6) is 11.5 Å². The molecule has 0 amide bonds. The van der Waals surface area contributed by atoms with E-state index in [4.69, 9.17) is 10.00 Å². The predicted molar refractivity (Wildman–Crippen MR) is 73.0 cm³/mol. The van der Waals surface area contributed by atoms with Crippen LogP contribution in [0.15, 0.2) is 39.3 Å². The second-order valence-corrected chi connectivity index (χ2v) is 5.33. The van der Waals surface area contributed by atoms with Gasteiger partial charge in [-0.1, -0.05) is 15.9 Å². The van der Waals surface area contributed by atoms with E-state index in [0.29, 0.717) is 4.47 Å². The van der Waals surface area contributed by atoms with Crippen molar-refractivity contribution < 1.29 is 13.5 Å². The molecule has 0 aliphatic carbocycles. The van der Waals surface area contributed by atoms with Gasteiger partial charge in [0.15, 0.2) is 17.4 Å². The zero-order chi connectivity index (χ0) is 14.0. The van der Waals surface area contributed by atoms with Crippen molar-refractivity contribution in [1.29, 1.82) is 5.26 Å². The van der Waals surface area contributed by atoms with Crippen molar-refractivity contribution >= 4 is 31.9 Å². The molecule has 0 saturated carbocycles. The first-order valence-electron chi connectivity index (χ1n) is 5.03. The molecule has 0 heterocycles. The lowest BCUT2D eigenvalue weighted by Crippen LogP contribution is -1.94. The van der Waals surface area contributed by atoms with E-state index in [1.165, 1.54) is 0 Å². The van der Waals surface area contributed by atoms with Crippen LogP contribution in [0.25, 0.3) is 0 Å². The van der Waals surface area contributed by atoms with Gasteiger partial charge in [0.2, 0.25) is 0 Å². The molecule has 2 aromatic rings. The van der Waals surface area contributed by atoms with Crippen LogP contribution in [0.2, 0.25) is 0 Å². The van der Waals surface area contributed by atoms with Gasteiger partial charge < -0.3 is 4.74 Å². The normalized spacial score (nSPS) is 10.1. The Morgan fingerprint density at radius 1 is 1.05 bits per heavy atom. The molecule has 0 spiro atoms. The van der Waals surface area contributed by atoms with Gasteiger partial charge in [-0.2, -0.15) is 5.26 Å². The fourth-order valence-electron chi connectivity index (χ4n) is 1.39. The minimum absolute atomic E-state index is 0.0998. The van der Waals surface area contributed by atoms with E-state index in [0.717, 1.165) is 16.6 Å². The lowest BCUT2D eigenvalue weighted by molar-refractivity contribution is 0.405. The Morgan fingerprint density at radius 3 is 2.21 bits per heavy atom. The Bertz CT molecular complexity index is 660. The number of ether oxygens (including phenoxy) is 1. The first-order chi connectivity index (χ1) is 9.01. The Labute approximate surface area is 124 Å². The second-order valence-electron chi connectivity index (χ2n) is 3.56. The number of halogens is 4. The first-order valence-corrected chi connectivity index (χ1v) is 6.62. The van der Waals surface area contributed by atoms with Crippen molar-refractivity contribution in [3.05, 3.63) is 56.5 Å². The van der Waals surface area contributed by atoms with E-state index in [-0.39, 0.29) is 11.3 Å². The maximum atomic E-state index is 13.7. The maximum absolute atomic E-state index is 13.7. The average molecular weight is 389 g/mol. The molecule has 0 aliphatic rings. The van der Waals surface area contributed by atoms with Crippen LogP contribution in [0.3, 0.4) is 0 Å². The number of hydrogen-bond acceptors (Lipinski definition) is 2. The van der Waals surface area contributed by atoms with Crippen molar-refractivity contribution in [2.75, 3.05) is 0 Å². The molecule has 2 aromatic carbocycles. The van der Waals surface area contributed by atoms with E-state index in [2.05, 4.69) is 31.9 Å². The molecule has 2 rings (SSSR count). The molecule has 2 nitrogen and oxygen atoms in total. The van der Waals surface area contributed by atoms with Gasteiger partial charge >= 0.3 is 0 Å². The highest BCUT2D eigenvalue weighted by molar-refractivity contribution is 9.11. The SMILES string of the molecule is N#Cc1cc(F)c(Oc2ccc(Br)cc2Br)c(F)c1. The van der Waals surface area contributed by atoms with Gasteiger partial charge in [0, 0.05) is 4.47 Å². The standard InChI is InChI=1S/C13H5Br2F2NO/c14-8-1-2-12(9(15)5-8)19-13-10(16)3-7(6-18)4-11(13)17/h1-5H. The third-order valence-electron chi connectivity index (χ3n) is 2.23. The lowest BCUT2D eigenvalue weighted by Gasteiger charge is -2.10. The number of rotatable bonds is 2. The highest BCUT2D eigenvalue weighted by Gasteiger charge is 2.15. The van der Waals surface area contributed by atoms with E-state index < -0.39 is 17.4 Å². The largest absolute Gasteiger partial charge is 0.450 e. The molecule has 0 fully saturated rings. The van der Waals surface area contributed by atoms with E-state index >= 15 is 0 Å². The Hall–Kier alpha value is -1.45. The van der Waals surface area contributed by atoms with Crippen molar-refractivity contribution in [3.63, 3.8) is 0 Å². The topological polar surface area (TPSA) is 33.0 Å². The summed E-state index contributed by atoms with van der Waals surface area (Å²) in [5, 5.41) is 8.60. The minimum Gasteiger partial charge on any atom is -0.450 e. The van der Waals surface area contributed by atoms with Crippen LogP contribution in [-0.2, 0) is 0 Å². The van der Waals surface area contributed by atoms with Gasteiger partial charge in [0.05, 0.1) is 16.1 Å². The van der Waals surface area contributed by atoms with Crippen molar-refractivity contribution in [3.8, 4) is 17.6 Å². The molecule has 0 radical (unpaired) electrons. The van der Waals surface area contributed by atoms with Gasteiger partial charge in [-0.3, -0.25) is 0 Å². The Kier molecular flexibility index (Phi) is 4.17. The van der Waals surface area contributed by atoms with Gasteiger partial charge in [0.25, 0.3) is 0 Å². The van der Waals surface area contributed by atoms with Crippen LogP contribution in [0.4, 0.5) is 8.78 Å². The molecule has 96 valence electrons. The molecular weight excluding hydrogens is 384 g/mol. The van der Waals surface area contributed by atoms with E-state index in [1.54, 1.807) is 24.3 Å². The van der Waals surface area contributed by atoms with E-state index in [1.807, 2.05) is 0 Å². The zero-order valence-electron chi connectivity index (χ0n) is 9.25. The van der Waals surface area contributed by atoms with Crippen LogP contribution < -0.4 is 4.74 Å². The lowest BCUT2D eigenvalue weighted by atomic mass is 10.2. The van der Waals surface area contributed by atoms with Crippen molar-refractivity contribution in [1.82, 2.24) is 0 Å². The highest BCUT2D eigenvalue weighted by Crippen LogP contribution is 2.34. The summed E-state index contributed by atoms with van der Waals surface area (Å²) in [5.74, 6) is -2.12. The number of hydrogen-bond donors (Lipinski definition) is 0. The van der Waals surface area contributed by atoms with Gasteiger partial charge in [-0.05, 0) is 46.3 Å². The fourth-order valence-corrected chi connectivity index (χ4v) is 2.52. The average Bonchev–Trinajstić information content (AvgIpc) is 2.35. The molecular formula is C13H5Br2F2NO. The Morgan fingerprint density at radius 2 is 1.68 bits per heavy atom. The third kappa shape index (κ3) is 3.11. The van der Waals surface area contributed by atoms with Crippen LogP contribution in [0, 0.1) is 23.0 Å². The summed E-state index contributed by atoms with van der Waals surface area (Å²) in [4.78, 5) is 0. The van der Waals surface area contributed by atoms with Gasteiger partial charge in [-0.15, -0.1) is 0 Å². The summed E-state index contributed by atoms with van der Waals surface area (Å²) >= 11 is 6.49. The molecule has 0 N–H and O–H groups in total. The number of nitriles is 1. The summed E-state index contributed by atoms with van der Waals surface area (Å²) in [6.45, 7) is 0. The fraction of sp³-hybridized carbons (Fsp3) is 0. The van der Waals surface area contributed by atoms with E-state index in [9.17, 15) is 8.78 Å². The quantitative estimate of drug-likeness (QED) is 0.712. The van der Waals surface area contributed by atoms with Crippen LogP contribution >= 0.6 is 31.9 Å². The molecule has 0 saturated heterocycles. The molecule has 6 heteroatoms. The highest BCUT2D eigenvalue weighted by atomic mass is 79.9. The predicted octanol–water partition coefficient (Wildman–Crippen LogP) is 5.15. The monoisotopic (exact) mass is 387 g/mol. The maximum Gasteiger partial charge on any atom is 0.198 e. The molecule has 0 aromatic heterocycles. The zero-order valence-corrected chi connectivity index (χ0v) is 12.4. The summed E-state index contributed by atoms with van der Waals surface area (Å²) in [6, 6.07) is 8.44. The third-order valence-corrected chi connectivity index (χ3v) is 3.35. The molecule has 0 aliphatic heterocycles. The first kappa shape index (κ1) is 14.0. The molecule has 0 bridgehead atoms. The van der Waals surface area contributed by atoms with Crippen LogP contribution in [0.1, 0.15) is 5.56 Å². The van der Waals surface area contributed by atoms with Gasteiger partial charge in [-0.25, -0.2) is 8.78 Å². The second kappa shape index (κ2) is 5.68. The summed E-state index contributed by atoms with van der Waals surface area (Å²) in [5.41, 5.74) is -0.0998. The molecule has 0 atom stereocenters. The number of nitrogens with zero attached hydrogens (tertiary/aromatic N) is 1. The van der Waals surface area contributed by atoms with Crippen molar-refractivity contribution in [2.45, 2.75) is 0 Å². The summed E-state index contributed by atoms with van der Waals surface area (Å²) in [7, 11) is 0. The number of benzene rings is 2. The Balaban J connectivity index is 2.41. The minimum atomic E-state index is -0.925. The smallest absolute Gasteiger partial charge is 0.198 e. The van der Waals surface area contributed by atoms with Gasteiger partial charge in [0.1, 0.15) is 5.75 Å². The molecule has 19 heavy (non-hydrogen) atoms. The summed E-state index contributed by atoms with van der Waals surface area (Å²) < 4.78 is 33.9.